The van der Waals surface area contributed by atoms with E-state index in [1.165, 1.54) is 24.3 Å². The molecule has 5 nitrogen and oxygen atoms in total. The molecule has 6 heteroatoms. The van der Waals surface area contributed by atoms with Crippen LogP contribution < -0.4 is 5.32 Å². The highest BCUT2D eigenvalue weighted by molar-refractivity contribution is 5.87. The first-order valence-corrected chi connectivity index (χ1v) is 6.83. The molecule has 1 aromatic rings. The molecule has 0 spiro atoms. The summed E-state index contributed by atoms with van der Waals surface area (Å²) in [5, 5.41) is 2.47. The van der Waals surface area contributed by atoms with Crippen molar-refractivity contribution in [3.05, 3.63) is 41.7 Å². The van der Waals surface area contributed by atoms with Gasteiger partial charge in [-0.1, -0.05) is 12.1 Å². The van der Waals surface area contributed by atoms with Gasteiger partial charge in [0.05, 0.1) is 6.54 Å². The maximum Gasteiger partial charge on any atom is 0.407 e. The SMILES string of the molecule is CC(C)(C)OC(=O)NCCOC(=O)/C=C/c1ccc(F)cc1. The van der Waals surface area contributed by atoms with Crippen molar-refractivity contribution in [1.82, 2.24) is 5.32 Å². The number of amides is 1. The van der Waals surface area contributed by atoms with Crippen molar-refractivity contribution in [3.63, 3.8) is 0 Å². The van der Waals surface area contributed by atoms with Crippen molar-refractivity contribution in [2.45, 2.75) is 26.4 Å². The van der Waals surface area contributed by atoms with Crippen molar-refractivity contribution in [1.29, 1.82) is 0 Å². The fraction of sp³-hybridized carbons (Fsp3) is 0.375. The Hall–Kier alpha value is -2.37. The lowest BCUT2D eigenvalue weighted by Gasteiger charge is -2.19. The van der Waals surface area contributed by atoms with Gasteiger partial charge < -0.3 is 14.8 Å². The first-order chi connectivity index (χ1) is 10.3. The number of halogens is 1. The molecule has 0 unspecified atom stereocenters. The molecule has 1 N–H and O–H groups in total. The van der Waals surface area contributed by atoms with Crippen LogP contribution >= 0.6 is 0 Å². The van der Waals surface area contributed by atoms with E-state index in [1.54, 1.807) is 32.9 Å². The molecule has 0 aromatic heterocycles. The summed E-state index contributed by atoms with van der Waals surface area (Å²) in [7, 11) is 0. The van der Waals surface area contributed by atoms with Crippen LogP contribution in [-0.4, -0.2) is 30.8 Å². The normalized spacial score (nSPS) is 11.3. The Morgan fingerprint density at radius 1 is 1.23 bits per heavy atom. The van der Waals surface area contributed by atoms with Gasteiger partial charge in [0.15, 0.2) is 0 Å². The number of hydrogen-bond acceptors (Lipinski definition) is 4. The average Bonchev–Trinajstić information content (AvgIpc) is 2.41. The number of hydrogen-bond donors (Lipinski definition) is 1. The van der Waals surface area contributed by atoms with Gasteiger partial charge >= 0.3 is 12.1 Å². The molecule has 0 saturated carbocycles. The summed E-state index contributed by atoms with van der Waals surface area (Å²) in [6.45, 7) is 5.46. The summed E-state index contributed by atoms with van der Waals surface area (Å²) < 4.78 is 22.6. The van der Waals surface area contributed by atoms with E-state index < -0.39 is 17.7 Å². The van der Waals surface area contributed by atoms with E-state index in [9.17, 15) is 14.0 Å². The predicted molar refractivity (Wildman–Crippen MR) is 80.6 cm³/mol. The molecule has 0 radical (unpaired) electrons. The van der Waals surface area contributed by atoms with E-state index in [-0.39, 0.29) is 19.0 Å². The highest BCUT2D eigenvalue weighted by Crippen LogP contribution is 2.06. The van der Waals surface area contributed by atoms with Crippen LogP contribution in [0, 0.1) is 5.82 Å². The zero-order valence-corrected chi connectivity index (χ0v) is 12.9. The quantitative estimate of drug-likeness (QED) is 0.516. The molecule has 0 fully saturated rings. The Labute approximate surface area is 129 Å². The van der Waals surface area contributed by atoms with Gasteiger partial charge in [0.1, 0.15) is 18.0 Å². The second-order valence-corrected chi connectivity index (χ2v) is 5.48. The molecule has 0 aliphatic heterocycles. The summed E-state index contributed by atoms with van der Waals surface area (Å²) in [6.07, 6.45) is 2.19. The summed E-state index contributed by atoms with van der Waals surface area (Å²) in [5.41, 5.74) is 0.115. The minimum absolute atomic E-state index is 0.0336. The van der Waals surface area contributed by atoms with Crippen LogP contribution in [0.1, 0.15) is 26.3 Å². The number of alkyl carbamates (subject to hydrolysis) is 1. The number of esters is 1. The summed E-state index contributed by atoms with van der Waals surface area (Å²) >= 11 is 0. The van der Waals surface area contributed by atoms with Crippen LogP contribution in [0.3, 0.4) is 0 Å². The summed E-state index contributed by atoms with van der Waals surface area (Å²) in [5.74, 6) is -0.886. The number of nitrogens with one attached hydrogen (secondary N) is 1. The van der Waals surface area contributed by atoms with E-state index in [0.29, 0.717) is 5.56 Å². The smallest absolute Gasteiger partial charge is 0.407 e. The van der Waals surface area contributed by atoms with Crippen LogP contribution in [-0.2, 0) is 14.3 Å². The number of benzene rings is 1. The first-order valence-electron chi connectivity index (χ1n) is 6.83. The van der Waals surface area contributed by atoms with Crippen LogP contribution in [0.5, 0.6) is 0 Å². The molecule has 22 heavy (non-hydrogen) atoms. The van der Waals surface area contributed by atoms with Gasteiger partial charge in [0.2, 0.25) is 0 Å². The first kappa shape index (κ1) is 17.7. The molecule has 0 atom stereocenters. The standard InChI is InChI=1S/C16H20FNO4/c1-16(2,3)22-15(20)18-10-11-21-14(19)9-6-12-4-7-13(17)8-5-12/h4-9H,10-11H2,1-3H3,(H,18,20)/b9-6+. The minimum atomic E-state index is -0.571. The fourth-order valence-corrected chi connectivity index (χ4v) is 1.41. The topological polar surface area (TPSA) is 64.6 Å². The molecule has 1 rings (SSSR count). The fourth-order valence-electron chi connectivity index (χ4n) is 1.41. The Kier molecular flexibility index (Phi) is 6.56. The second-order valence-electron chi connectivity index (χ2n) is 5.48. The zero-order chi connectivity index (χ0) is 16.6. The number of carbonyl (C=O) groups is 2. The molecule has 0 bridgehead atoms. The molecule has 1 amide bonds. The lowest BCUT2D eigenvalue weighted by molar-refractivity contribution is -0.137. The van der Waals surface area contributed by atoms with Crippen LogP contribution in [0.2, 0.25) is 0 Å². The molecule has 0 aliphatic carbocycles. The Morgan fingerprint density at radius 3 is 2.45 bits per heavy atom. The third-order valence-electron chi connectivity index (χ3n) is 2.30. The maximum atomic E-state index is 12.7. The van der Waals surface area contributed by atoms with Crippen LogP contribution in [0.25, 0.3) is 6.08 Å². The van der Waals surface area contributed by atoms with Crippen molar-refractivity contribution in [3.8, 4) is 0 Å². The van der Waals surface area contributed by atoms with Crippen LogP contribution in [0.4, 0.5) is 9.18 Å². The largest absolute Gasteiger partial charge is 0.461 e. The lowest BCUT2D eigenvalue weighted by Crippen LogP contribution is -2.34. The summed E-state index contributed by atoms with van der Waals surface area (Å²) in [6, 6.07) is 5.69. The average molecular weight is 309 g/mol. The van der Waals surface area contributed by atoms with Crippen molar-refractivity contribution < 1.29 is 23.5 Å². The highest BCUT2D eigenvalue weighted by Gasteiger charge is 2.15. The van der Waals surface area contributed by atoms with Crippen molar-refractivity contribution in [2.75, 3.05) is 13.2 Å². The molecule has 0 saturated heterocycles. The van der Waals surface area contributed by atoms with E-state index in [4.69, 9.17) is 9.47 Å². The molecule has 0 aliphatic rings. The zero-order valence-electron chi connectivity index (χ0n) is 12.9. The molecular formula is C16H20FNO4. The molecule has 1 aromatic carbocycles. The van der Waals surface area contributed by atoms with Gasteiger partial charge in [0.25, 0.3) is 0 Å². The molecule has 0 heterocycles. The maximum absolute atomic E-state index is 12.7. The summed E-state index contributed by atoms with van der Waals surface area (Å²) in [4.78, 5) is 22.8. The van der Waals surface area contributed by atoms with Gasteiger partial charge in [-0.3, -0.25) is 0 Å². The van der Waals surface area contributed by atoms with Crippen LogP contribution in [0.15, 0.2) is 30.3 Å². The number of ether oxygens (including phenoxy) is 2. The van der Waals surface area contributed by atoms with Gasteiger partial charge in [-0.2, -0.15) is 0 Å². The highest BCUT2D eigenvalue weighted by atomic mass is 19.1. The van der Waals surface area contributed by atoms with E-state index in [2.05, 4.69) is 5.32 Å². The Morgan fingerprint density at radius 2 is 1.86 bits per heavy atom. The van der Waals surface area contributed by atoms with Gasteiger partial charge in [-0.05, 0) is 44.5 Å². The predicted octanol–water partition coefficient (Wildman–Crippen LogP) is 2.91. The van der Waals surface area contributed by atoms with Gasteiger partial charge in [0, 0.05) is 6.08 Å². The third-order valence-corrected chi connectivity index (χ3v) is 2.30. The monoisotopic (exact) mass is 309 g/mol. The van der Waals surface area contributed by atoms with E-state index >= 15 is 0 Å². The minimum Gasteiger partial charge on any atom is -0.461 e. The van der Waals surface area contributed by atoms with Crippen molar-refractivity contribution >= 4 is 18.1 Å². The molecular weight excluding hydrogens is 289 g/mol. The molecule has 120 valence electrons. The van der Waals surface area contributed by atoms with Crippen molar-refractivity contribution in [2.24, 2.45) is 0 Å². The Bertz CT molecular complexity index is 532. The lowest BCUT2D eigenvalue weighted by atomic mass is 10.2. The second kappa shape index (κ2) is 8.17. The number of rotatable bonds is 5. The van der Waals surface area contributed by atoms with E-state index in [0.717, 1.165) is 0 Å². The van der Waals surface area contributed by atoms with Gasteiger partial charge in [-0.25, -0.2) is 14.0 Å². The number of carbonyl (C=O) groups excluding carboxylic acids is 2. The Balaban J connectivity index is 2.23. The van der Waals surface area contributed by atoms with Gasteiger partial charge in [-0.15, -0.1) is 0 Å². The third kappa shape index (κ3) is 8.04. The van der Waals surface area contributed by atoms with E-state index in [1.807, 2.05) is 0 Å².